The number of carbonyl (C=O) groups excluding carboxylic acids is 1. The molecule has 5 rings (SSSR count). The number of pyridine rings is 1. The topological polar surface area (TPSA) is 72.3 Å². The number of ether oxygens (including phenoxy) is 1. The largest absolute Gasteiger partial charge is 0.376 e. The Morgan fingerprint density at radius 2 is 2.12 bits per heavy atom. The molecule has 1 saturated heterocycles. The lowest BCUT2D eigenvalue weighted by Crippen LogP contribution is -2.38. The lowest BCUT2D eigenvalue weighted by molar-refractivity contribution is 0.0934. The molecule has 7 heteroatoms. The van der Waals surface area contributed by atoms with Crippen molar-refractivity contribution < 1.29 is 9.53 Å². The van der Waals surface area contributed by atoms with E-state index in [9.17, 15) is 4.79 Å². The smallest absolute Gasteiger partial charge is 0.251 e. The van der Waals surface area contributed by atoms with Crippen LogP contribution in [0.2, 0.25) is 0 Å². The fourth-order valence-electron chi connectivity index (χ4n) is 4.88. The Morgan fingerprint density at radius 1 is 1.25 bits per heavy atom. The molecule has 1 N–H and O–H groups in total. The Hall–Kier alpha value is -2.77. The van der Waals surface area contributed by atoms with E-state index >= 15 is 0 Å². The lowest BCUT2D eigenvalue weighted by Gasteiger charge is -2.31. The van der Waals surface area contributed by atoms with Crippen LogP contribution >= 0.6 is 0 Å². The van der Waals surface area contributed by atoms with Crippen molar-refractivity contribution in [3.63, 3.8) is 0 Å². The zero-order valence-corrected chi connectivity index (χ0v) is 18.7. The van der Waals surface area contributed by atoms with Gasteiger partial charge >= 0.3 is 0 Å². The molecule has 0 spiro atoms. The Bertz CT molecular complexity index is 1100. The number of piperidine rings is 1. The van der Waals surface area contributed by atoms with Crippen LogP contribution in [0.4, 0.5) is 0 Å². The predicted octanol–water partition coefficient (Wildman–Crippen LogP) is 3.17. The van der Waals surface area contributed by atoms with Crippen molar-refractivity contribution in [2.75, 3.05) is 26.2 Å². The van der Waals surface area contributed by atoms with Crippen LogP contribution in [0.3, 0.4) is 0 Å². The zero-order valence-electron chi connectivity index (χ0n) is 18.7. The summed E-state index contributed by atoms with van der Waals surface area (Å²) in [5.41, 5.74) is 5.45. The van der Waals surface area contributed by atoms with E-state index in [4.69, 9.17) is 9.84 Å². The molecular formula is C25H31N5O2. The van der Waals surface area contributed by atoms with Crippen LogP contribution in [-0.2, 0) is 30.9 Å². The molecule has 168 valence electrons. The average Bonchev–Trinajstić information content (AvgIpc) is 3.20. The van der Waals surface area contributed by atoms with Crippen LogP contribution in [0, 0.1) is 5.92 Å². The van der Waals surface area contributed by atoms with Gasteiger partial charge in [0.2, 0.25) is 0 Å². The summed E-state index contributed by atoms with van der Waals surface area (Å²) in [5.74, 6) is 0.512. The molecule has 1 amide bonds. The molecule has 3 aromatic rings. The second kappa shape index (κ2) is 9.38. The van der Waals surface area contributed by atoms with Gasteiger partial charge in [-0.2, -0.15) is 5.10 Å². The van der Waals surface area contributed by atoms with Crippen molar-refractivity contribution >= 4 is 16.8 Å². The quantitative estimate of drug-likeness (QED) is 0.647. The summed E-state index contributed by atoms with van der Waals surface area (Å²) in [6, 6.07) is 9.56. The number of fused-ring (bicyclic) bond motifs is 2. The van der Waals surface area contributed by atoms with E-state index in [0.717, 1.165) is 69.5 Å². The van der Waals surface area contributed by atoms with Crippen LogP contribution in [0.5, 0.6) is 0 Å². The normalized spacial score (nSPS) is 17.4. The standard InChI is InChI=1S/C25H31N5O2/c1-2-30-24-9-13-32-17-21(24)23(28-30)16-29-11-7-18(8-12-29)15-27-25(31)20-5-6-22-19(14-20)4-3-10-26-22/h3-6,10,14,18H,2,7-9,11-13,15-17H2,1H3,(H,27,31). The number of amides is 1. The fourth-order valence-corrected chi connectivity index (χ4v) is 4.88. The van der Waals surface area contributed by atoms with E-state index in [-0.39, 0.29) is 5.91 Å². The average molecular weight is 434 g/mol. The molecular weight excluding hydrogens is 402 g/mol. The van der Waals surface area contributed by atoms with Gasteiger partial charge in [0.1, 0.15) is 0 Å². The van der Waals surface area contributed by atoms with E-state index in [1.807, 2.05) is 30.3 Å². The minimum Gasteiger partial charge on any atom is -0.376 e. The fraction of sp³-hybridized carbons (Fsp3) is 0.480. The van der Waals surface area contributed by atoms with E-state index in [1.165, 1.54) is 17.0 Å². The molecule has 1 fully saturated rings. The molecule has 0 atom stereocenters. The molecule has 0 unspecified atom stereocenters. The number of carbonyl (C=O) groups is 1. The van der Waals surface area contributed by atoms with Crippen LogP contribution in [-0.4, -0.2) is 51.8 Å². The van der Waals surface area contributed by atoms with E-state index < -0.39 is 0 Å². The molecule has 32 heavy (non-hydrogen) atoms. The maximum absolute atomic E-state index is 12.6. The highest BCUT2D eigenvalue weighted by Gasteiger charge is 2.25. The van der Waals surface area contributed by atoms with Gasteiger partial charge in [0, 0.05) is 54.5 Å². The van der Waals surface area contributed by atoms with Crippen LogP contribution < -0.4 is 5.32 Å². The number of hydrogen-bond acceptors (Lipinski definition) is 5. The number of nitrogens with zero attached hydrogens (tertiary/aromatic N) is 4. The minimum absolute atomic E-state index is 0.00471. The highest BCUT2D eigenvalue weighted by atomic mass is 16.5. The summed E-state index contributed by atoms with van der Waals surface area (Å²) in [5, 5.41) is 9.00. The Labute approximate surface area is 188 Å². The molecule has 0 radical (unpaired) electrons. The van der Waals surface area contributed by atoms with Gasteiger partial charge in [0.25, 0.3) is 5.91 Å². The third kappa shape index (κ3) is 4.40. The first kappa shape index (κ1) is 21.1. The maximum Gasteiger partial charge on any atom is 0.251 e. The molecule has 4 heterocycles. The predicted molar refractivity (Wildman–Crippen MR) is 123 cm³/mol. The van der Waals surface area contributed by atoms with Crippen molar-refractivity contribution in [1.29, 1.82) is 0 Å². The van der Waals surface area contributed by atoms with Gasteiger partial charge in [-0.25, -0.2) is 0 Å². The summed E-state index contributed by atoms with van der Waals surface area (Å²) >= 11 is 0. The van der Waals surface area contributed by atoms with Gasteiger partial charge in [-0.05, 0) is 63.0 Å². The van der Waals surface area contributed by atoms with E-state index in [2.05, 4.69) is 26.8 Å². The van der Waals surface area contributed by atoms with Gasteiger partial charge in [-0.15, -0.1) is 0 Å². The summed E-state index contributed by atoms with van der Waals surface area (Å²) in [6.45, 7) is 8.25. The second-order valence-corrected chi connectivity index (χ2v) is 8.83. The van der Waals surface area contributed by atoms with Gasteiger partial charge in [0.15, 0.2) is 0 Å². The Balaban J connectivity index is 1.13. The Kier molecular flexibility index (Phi) is 6.19. The molecule has 0 saturated carbocycles. The summed E-state index contributed by atoms with van der Waals surface area (Å²) in [7, 11) is 0. The van der Waals surface area contributed by atoms with Crippen molar-refractivity contribution in [1.82, 2.24) is 25.0 Å². The maximum atomic E-state index is 12.6. The summed E-state index contributed by atoms with van der Waals surface area (Å²) in [4.78, 5) is 19.5. The molecule has 0 aliphatic carbocycles. The van der Waals surface area contributed by atoms with Crippen molar-refractivity contribution in [3.8, 4) is 0 Å². The molecule has 2 aliphatic heterocycles. The van der Waals surface area contributed by atoms with Gasteiger partial charge in [-0.1, -0.05) is 6.07 Å². The third-order valence-corrected chi connectivity index (χ3v) is 6.78. The summed E-state index contributed by atoms with van der Waals surface area (Å²) < 4.78 is 7.85. The van der Waals surface area contributed by atoms with Crippen molar-refractivity contribution in [2.24, 2.45) is 5.92 Å². The van der Waals surface area contributed by atoms with Crippen molar-refractivity contribution in [3.05, 3.63) is 59.0 Å². The monoisotopic (exact) mass is 433 g/mol. The van der Waals surface area contributed by atoms with Gasteiger partial charge < -0.3 is 10.1 Å². The number of rotatable bonds is 6. The van der Waals surface area contributed by atoms with Gasteiger partial charge in [0.05, 0.1) is 24.4 Å². The molecule has 2 aromatic heterocycles. The number of hydrogen-bond donors (Lipinski definition) is 1. The molecule has 1 aromatic carbocycles. The zero-order chi connectivity index (χ0) is 21.9. The summed E-state index contributed by atoms with van der Waals surface area (Å²) in [6.07, 6.45) is 4.92. The first-order valence-electron chi connectivity index (χ1n) is 11.7. The van der Waals surface area contributed by atoms with Crippen molar-refractivity contribution in [2.45, 2.75) is 45.9 Å². The molecule has 7 nitrogen and oxygen atoms in total. The SMILES string of the molecule is CCn1nc(CN2CCC(CNC(=O)c3ccc4ncccc4c3)CC2)c2c1CCOC2. The minimum atomic E-state index is -0.00471. The molecule has 0 bridgehead atoms. The number of likely N-dealkylation sites (tertiary alicyclic amines) is 1. The van der Waals surface area contributed by atoms with Gasteiger partial charge in [-0.3, -0.25) is 19.4 Å². The molecule has 2 aliphatic rings. The number of nitrogens with one attached hydrogen (secondary N) is 1. The number of benzene rings is 1. The first-order valence-corrected chi connectivity index (χ1v) is 11.7. The lowest BCUT2D eigenvalue weighted by atomic mass is 9.96. The number of aromatic nitrogens is 3. The first-order chi connectivity index (χ1) is 15.7. The number of aryl methyl sites for hydroxylation is 1. The Morgan fingerprint density at radius 3 is 2.97 bits per heavy atom. The van der Waals surface area contributed by atoms with E-state index in [1.54, 1.807) is 6.20 Å². The third-order valence-electron chi connectivity index (χ3n) is 6.78. The van der Waals surface area contributed by atoms with Crippen LogP contribution in [0.1, 0.15) is 47.1 Å². The van der Waals surface area contributed by atoms with Crippen LogP contribution in [0.25, 0.3) is 10.9 Å². The highest BCUT2D eigenvalue weighted by molar-refractivity contribution is 5.97. The highest BCUT2D eigenvalue weighted by Crippen LogP contribution is 2.24. The van der Waals surface area contributed by atoms with Crippen LogP contribution in [0.15, 0.2) is 36.5 Å². The second-order valence-electron chi connectivity index (χ2n) is 8.83. The van der Waals surface area contributed by atoms with E-state index in [0.29, 0.717) is 18.1 Å².